The van der Waals surface area contributed by atoms with Crippen molar-refractivity contribution in [2.75, 3.05) is 0 Å². The normalized spacial score (nSPS) is 12.9. The minimum Gasteiger partial charge on any atom is -0.247 e. The summed E-state index contributed by atoms with van der Waals surface area (Å²) in [5, 5.41) is 0. The van der Waals surface area contributed by atoms with Crippen molar-refractivity contribution < 1.29 is 4.57 Å². The number of aromatic amines is 1. The molecule has 0 bridgehead atoms. The lowest BCUT2D eigenvalue weighted by Gasteiger charge is -2.17. The SMILES string of the molecule is CCCCCCCCCCCCCCCCCC(CCCCCCCCC)c1[nH]cc[n+]1C(C)CCCCCCCCCCCCCCCCC. The van der Waals surface area contributed by atoms with Crippen LogP contribution >= 0.6 is 0 Å². The van der Waals surface area contributed by atoms with E-state index in [-0.39, 0.29) is 0 Å². The predicted octanol–water partition coefficient (Wildman–Crippen LogP) is 17.6. The van der Waals surface area contributed by atoms with E-state index < -0.39 is 0 Å². The molecule has 0 aromatic carbocycles. The van der Waals surface area contributed by atoms with E-state index in [1.807, 2.05) is 0 Å². The quantitative estimate of drug-likeness (QED) is 0.0514. The van der Waals surface area contributed by atoms with Gasteiger partial charge >= 0.3 is 0 Å². The van der Waals surface area contributed by atoms with Gasteiger partial charge in [0.15, 0.2) is 0 Å². The zero-order chi connectivity index (χ0) is 36.7. The smallest absolute Gasteiger partial charge is 0.247 e. The maximum Gasteiger partial charge on any atom is 0.257 e. The summed E-state index contributed by atoms with van der Waals surface area (Å²) in [5.74, 6) is 2.25. The molecule has 0 aliphatic rings. The van der Waals surface area contributed by atoms with Gasteiger partial charge in [-0.2, -0.15) is 0 Å². The molecule has 0 fully saturated rings. The fraction of sp³-hybridized carbons (Fsp3) is 0.939. The van der Waals surface area contributed by atoms with Crippen LogP contribution in [0.15, 0.2) is 12.4 Å². The molecule has 302 valence electrons. The van der Waals surface area contributed by atoms with Gasteiger partial charge in [-0.3, -0.25) is 0 Å². The molecule has 2 nitrogen and oxygen atoms in total. The molecule has 1 heterocycles. The third-order valence-electron chi connectivity index (χ3n) is 12.1. The van der Waals surface area contributed by atoms with Crippen LogP contribution in [0.4, 0.5) is 0 Å². The molecular weight excluding hydrogens is 617 g/mol. The second-order valence-electron chi connectivity index (χ2n) is 17.2. The standard InChI is InChI=1S/C49H96N2/c1-5-8-11-14-17-19-21-23-25-27-29-31-34-36-39-42-47(4)51-46-45-50-49(51)48(43-40-37-33-16-13-10-7-3)44-41-38-35-32-30-28-26-24-22-20-18-15-12-9-6-2/h45-48H,5-44H2,1-4H3/p+1. The highest BCUT2D eigenvalue weighted by Crippen LogP contribution is 2.27. The number of unbranched alkanes of at least 4 members (excludes halogenated alkanes) is 34. The Kier molecular flexibility index (Phi) is 36.8. The molecule has 1 aromatic rings. The molecule has 0 saturated carbocycles. The Morgan fingerprint density at radius 2 is 0.627 bits per heavy atom. The van der Waals surface area contributed by atoms with Gasteiger partial charge in [-0.1, -0.05) is 252 Å². The van der Waals surface area contributed by atoms with Gasteiger partial charge in [-0.05, 0) is 32.6 Å². The zero-order valence-corrected chi connectivity index (χ0v) is 36.0. The van der Waals surface area contributed by atoms with Crippen molar-refractivity contribution in [2.24, 2.45) is 0 Å². The Labute approximate surface area is 323 Å². The summed E-state index contributed by atoms with van der Waals surface area (Å²) in [5.41, 5.74) is 0. The second-order valence-corrected chi connectivity index (χ2v) is 17.2. The number of aromatic nitrogens is 2. The first-order valence-corrected chi connectivity index (χ1v) is 24.3. The maximum absolute atomic E-state index is 3.77. The number of hydrogen-bond donors (Lipinski definition) is 1. The van der Waals surface area contributed by atoms with Crippen molar-refractivity contribution in [3.8, 4) is 0 Å². The lowest BCUT2D eigenvalue weighted by molar-refractivity contribution is -0.727. The van der Waals surface area contributed by atoms with E-state index in [4.69, 9.17) is 0 Å². The lowest BCUT2D eigenvalue weighted by atomic mass is 9.92. The summed E-state index contributed by atoms with van der Waals surface area (Å²) in [6, 6.07) is 0.617. The summed E-state index contributed by atoms with van der Waals surface area (Å²) < 4.78 is 2.65. The number of rotatable bonds is 42. The van der Waals surface area contributed by atoms with Crippen molar-refractivity contribution in [1.82, 2.24) is 4.98 Å². The second kappa shape index (κ2) is 38.9. The minimum absolute atomic E-state index is 0.617. The van der Waals surface area contributed by atoms with Gasteiger partial charge in [0.1, 0.15) is 12.4 Å². The molecule has 1 aromatic heterocycles. The highest BCUT2D eigenvalue weighted by Gasteiger charge is 2.25. The molecule has 2 atom stereocenters. The molecule has 0 spiro atoms. The largest absolute Gasteiger partial charge is 0.257 e. The van der Waals surface area contributed by atoms with Crippen LogP contribution in [0.1, 0.15) is 302 Å². The van der Waals surface area contributed by atoms with E-state index in [0.717, 1.165) is 0 Å². The van der Waals surface area contributed by atoms with Crippen LogP contribution in [-0.4, -0.2) is 4.98 Å². The van der Waals surface area contributed by atoms with Gasteiger partial charge < -0.3 is 0 Å². The third kappa shape index (κ3) is 30.3. The molecule has 0 aliphatic heterocycles. The van der Waals surface area contributed by atoms with Crippen LogP contribution in [0.3, 0.4) is 0 Å². The van der Waals surface area contributed by atoms with Gasteiger partial charge in [0.25, 0.3) is 5.82 Å². The first-order chi connectivity index (χ1) is 25.2. The van der Waals surface area contributed by atoms with Crippen LogP contribution in [-0.2, 0) is 0 Å². The molecule has 2 heteroatoms. The predicted molar refractivity (Wildman–Crippen MR) is 230 cm³/mol. The molecule has 2 unspecified atom stereocenters. The van der Waals surface area contributed by atoms with Crippen molar-refractivity contribution >= 4 is 0 Å². The summed E-state index contributed by atoms with van der Waals surface area (Å²) >= 11 is 0. The van der Waals surface area contributed by atoms with E-state index >= 15 is 0 Å². The molecular formula is C49H97N2+. The highest BCUT2D eigenvalue weighted by molar-refractivity contribution is 4.90. The van der Waals surface area contributed by atoms with Crippen LogP contribution in [0, 0.1) is 0 Å². The van der Waals surface area contributed by atoms with Gasteiger partial charge in [0.2, 0.25) is 0 Å². The Morgan fingerprint density at radius 1 is 0.373 bits per heavy atom. The van der Waals surface area contributed by atoms with Gasteiger partial charge in [0.05, 0.1) is 12.0 Å². The molecule has 1 N–H and O–H groups in total. The summed E-state index contributed by atoms with van der Waals surface area (Å²) in [6.45, 7) is 9.44. The Bertz CT molecular complexity index is 783. The summed E-state index contributed by atoms with van der Waals surface area (Å²) in [4.78, 5) is 3.77. The van der Waals surface area contributed by atoms with E-state index in [2.05, 4.69) is 49.6 Å². The van der Waals surface area contributed by atoms with E-state index in [1.165, 1.54) is 257 Å². The van der Waals surface area contributed by atoms with Crippen molar-refractivity contribution in [3.63, 3.8) is 0 Å². The molecule has 51 heavy (non-hydrogen) atoms. The Morgan fingerprint density at radius 3 is 0.922 bits per heavy atom. The number of H-pyrrole nitrogens is 1. The van der Waals surface area contributed by atoms with Crippen molar-refractivity contribution in [3.05, 3.63) is 18.2 Å². The van der Waals surface area contributed by atoms with Gasteiger partial charge in [-0.25, -0.2) is 9.55 Å². The average molecular weight is 714 g/mol. The number of nitrogens with zero attached hydrogens (tertiary/aromatic N) is 1. The van der Waals surface area contributed by atoms with E-state index in [1.54, 1.807) is 5.82 Å². The monoisotopic (exact) mass is 714 g/mol. The fourth-order valence-corrected chi connectivity index (χ4v) is 8.55. The first-order valence-electron chi connectivity index (χ1n) is 24.3. The van der Waals surface area contributed by atoms with E-state index in [9.17, 15) is 0 Å². The van der Waals surface area contributed by atoms with Crippen LogP contribution in [0.5, 0.6) is 0 Å². The van der Waals surface area contributed by atoms with Gasteiger partial charge in [0, 0.05) is 0 Å². The third-order valence-corrected chi connectivity index (χ3v) is 12.1. The fourth-order valence-electron chi connectivity index (χ4n) is 8.55. The molecule has 0 radical (unpaired) electrons. The van der Waals surface area contributed by atoms with Crippen molar-refractivity contribution in [1.29, 1.82) is 0 Å². The Hall–Kier alpha value is -0.790. The number of nitrogens with one attached hydrogen (secondary N) is 1. The number of hydrogen-bond acceptors (Lipinski definition) is 0. The molecule has 0 saturated heterocycles. The molecule has 0 amide bonds. The average Bonchev–Trinajstić information content (AvgIpc) is 3.63. The lowest BCUT2D eigenvalue weighted by Crippen LogP contribution is -2.41. The van der Waals surface area contributed by atoms with Crippen LogP contribution in [0.25, 0.3) is 0 Å². The first kappa shape index (κ1) is 48.2. The van der Waals surface area contributed by atoms with E-state index in [0.29, 0.717) is 12.0 Å². The zero-order valence-electron chi connectivity index (χ0n) is 36.0. The minimum atomic E-state index is 0.617. The summed E-state index contributed by atoms with van der Waals surface area (Å²) in [6.07, 6.45) is 62.1. The van der Waals surface area contributed by atoms with Crippen LogP contribution in [0.2, 0.25) is 0 Å². The molecule has 1 rings (SSSR count). The Balaban J connectivity index is 2.28. The maximum atomic E-state index is 3.77. The highest BCUT2D eigenvalue weighted by atomic mass is 15.1. The topological polar surface area (TPSA) is 19.7 Å². The van der Waals surface area contributed by atoms with Gasteiger partial charge in [-0.15, -0.1) is 0 Å². The van der Waals surface area contributed by atoms with Crippen molar-refractivity contribution in [2.45, 2.75) is 296 Å². The van der Waals surface area contributed by atoms with Crippen LogP contribution < -0.4 is 4.57 Å². The molecule has 0 aliphatic carbocycles. The number of imidazole rings is 1. The summed E-state index contributed by atoms with van der Waals surface area (Å²) in [7, 11) is 0.